The lowest BCUT2D eigenvalue weighted by molar-refractivity contribution is -0.142. The number of amides is 1. The van der Waals surface area contributed by atoms with Crippen LogP contribution in [0.2, 0.25) is 0 Å². The third-order valence-corrected chi connectivity index (χ3v) is 13.5. The summed E-state index contributed by atoms with van der Waals surface area (Å²) in [4.78, 5) is 48.0. The van der Waals surface area contributed by atoms with Gasteiger partial charge in [-0.1, -0.05) is 0 Å². The van der Waals surface area contributed by atoms with Crippen LogP contribution >= 0.6 is 22.7 Å². The minimum absolute atomic E-state index is 0.0410. The predicted molar refractivity (Wildman–Crippen MR) is 227 cm³/mol. The smallest absolute Gasteiger partial charge is 0.306 e. The van der Waals surface area contributed by atoms with E-state index in [0.29, 0.717) is 36.6 Å². The summed E-state index contributed by atoms with van der Waals surface area (Å²) in [5.41, 5.74) is 5.92. The Bertz CT molecular complexity index is 2880. The number of fused-ring (bicyclic) bond motifs is 8. The van der Waals surface area contributed by atoms with Crippen LogP contribution < -0.4 is 20.1 Å². The van der Waals surface area contributed by atoms with Gasteiger partial charge in [-0.25, -0.2) is 29.0 Å². The van der Waals surface area contributed by atoms with E-state index in [1.165, 1.54) is 16.8 Å². The molecule has 0 saturated heterocycles. The normalized spacial score (nSPS) is 16.0. The molecule has 0 saturated carbocycles. The molecule has 18 heteroatoms. The Labute approximate surface area is 345 Å². The Morgan fingerprint density at radius 1 is 0.797 bits per heavy atom. The van der Waals surface area contributed by atoms with Gasteiger partial charge in [0.15, 0.2) is 11.5 Å². The maximum atomic E-state index is 12.7. The Hall–Kier alpha value is -6.40. The third-order valence-electron chi connectivity index (χ3n) is 11.2. The molecule has 16 nitrogen and oxygen atoms in total. The second-order valence-electron chi connectivity index (χ2n) is 14.5. The van der Waals surface area contributed by atoms with Crippen molar-refractivity contribution in [2.45, 2.75) is 45.4 Å². The summed E-state index contributed by atoms with van der Waals surface area (Å²) in [6.07, 6.45) is 14.6. The molecule has 0 bridgehead atoms. The number of aryl methyl sites for hydroxylation is 2. The van der Waals surface area contributed by atoms with Gasteiger partial charge in [0.1, 0.15) is 34.0 Å². The van der Waals surface area contributed by atoms with Crippen LogP contribution in [0.1, 0.15) is 40.6 Å². The van der Waals surface area contributed by atoms with Gasteiger partial charge in [-0.3, -0.25) is 9.59 Å². The van der Waals surface area contributed by atoms with E-state index in [1.54, 1.807) is 64.6 Å². The molecule has 8 heterocycles. The van der Waals surface area contributed by atoms with Crippen LogP contribution in [-0.4, -0.2) is 88.9 Å². The van der Waals surface area contributed by atoms with Crippen molar-refractivity contribution < 1.29 is 24.2 Å². The SMILES string of the molecule is CCN(C)C(=O)[C@H]1CCc2c(sc3ncnc(Nc4cc5ccnn5cc4OC)c23)C1.COc1cn2nccc2cc1Nc1ncnc2sc3c(c12)CC[C@H](C(=O)O)C3. The van der Waals surface area contributed by atoms with E-state index in [0.717, 1.165) is 84.9 Å². The maximum Gasteiger partial charge on any atom is 0.306 e. The minimum atomic E-state index is -0.730. The molecule has 8 aromatic rings. The number of nitrogens with zero attached hydrogens (tertiary/aromatic N) is 9. The average molecular weight is 832 g/mol. The lowest BCUT2D eigenvalue weighted by Crippen LogP contribution is -2.35. The molecule has 0 radical (unpaired) electrons. The molecule has 302 valence electrons. The summed E-state index contributed by atoms with van der Waals surface area (Å²) in [6.45, 7) is 2.74. The molecule has 59 heavy (non-hydrogen) atoms. The number of carbonyl (C=O) groups excluding carboxylic acids is 1. The van der Waals surface area contributed by atoms with Crippen molar-refractivity contribution in [3.63, 3.8) is 0 Å². The topological polar surface area (TPSA) is 186 Å². The van der Waals surface area contributed by atoms with Crippen molar-refractivity contribution in [2.75, 3.05) is 38.4 Å². The first-order chi connectivity index (χ1) is 28.7. The van der Waals surface area contributed by atoms with Gasteiger partial charge in [-0.2, -0.15) is 10.2 Å². The van der Waals surface area contributed by atoms with Crippen LogP contribution in [-0.2, 0) is 35.3 Å². The van der Waals surface area contributed by atoms with Crippen molar-refractivity contribution in [3.05, 3.63) is 82.6 Å². The number of ether oxygens (including phenoxy) is 2. The summed E-state index contributed by atoms with van der Waals surface area (Å²) in [7, 11) is 5.13. The molecule has 0 unspecified atom stereocenters. The Morgan fingerprint density at radius 2 is 1.29 bits per heavy atom. The number of carboxylic acids is 1. The summed E-state index contributed by atoms with van der Waals surface area (Å²) in [6, 6.07) is 7.81. The number of carboxylic acid groups (broad SMARTS) is 1. The second-order valence-corrected chi connectivity index (χ2v) is 16.7. The van der Waals surface area contributed by atoms with E-state index in [9.17, 15) is 14.7 Å². The fourth-order valence-electron chi connectivity index (χ4n) is 7.97. The van der Waals surface area contributed by atoms with Gasteiger partial charge in [-0.15, -0.1) is 22.7 Å². The zero-order valence-electron chi connectivity index (χ0n) is 32.8. The molecular weight excluding hydrogens is 791 g/mol. The van der Waals surface area contributed by atoms with E-state index in [2.05, 4.69) is 40.8 Å². The van der Waals surface area contributed by atoms with Gasteiger partial charge in [0.2, 0.25) is 5.91 Å². The highest BCUT2D eigenvalue weighted by Crippen LogP contribution is 2.43. The predicted octanol–water partition coefficient (Wildman–Crippen LogP) is 6.96. The number of aliphatic carboxylic acids is 1. The van der Waals surface area contributed by atoms with E-state index in [4.69, 9.17) is 9.47 Å². The Balaban J connectivity index is 0.000000153. The van der Waals surface area contributed by atoms with E-state index in [-0.39, 0.29) is 17.7 Å². The summed E-state index contributed by atoms with van der Waals surface area (Å²) < 4.78 is 14.6. The number of carbonyl (C=O) groups is 2. The van der Waals surface area contributed by atoms with Gasteiger partial charge >= 0.3 is 5.97 Å². The second kappa shape index (κ2) is 15.7. The number of methoxy groups -OCH3 is 2. The first-order valence-corrected chi connectivity index (χ1v) is 20.9. The molecule has 2 aliphatic carbocycles. The van der Waals surface area contributed by atoms with Gasteiger partial charge in [0.05, 0.1) is 65.7 Å². The molecule has 2 atom stereocenters. The molecule has 10 rings (SSSR count). The summed E-state index contributed by atoms with van der Waals surface area (Å²) >= 11 is 3.23. The van der Waals surface area contributed by atoms with Crippen LogP contribution in [0, 0.1) is 11.8 Å². The van der Waals surface area contributed by atoms with E-state index < -0.39 is 5.97 Å². The van der Waals surface area contributed by atoms with Crippen LogP contribution in [0.4, 0.5) is 23.0 Å². The fourth-order valence-corrected chi connectivity index (χ4v) is 10.5. The van der Waals surface area contributed by atoms with Crippen LogP contribution in [0.5, 0.6) is 11.5 Å². The fraction of sp³-hybridized carbons (Fsp3) is 0.317. The Kier molecular flexibility index (Phi) is 10.2. The zero-order valence-corrected chi connectivity index (χ0v) is 34.4. The molecule has 0 aromatic carbocycles. The van der Waals surface area contributed by atoms with Gasteiger partial charge < -0.3 is 30.1 Å². The average Bonchev–Trinajstić information content (AvgIpc) is 4.07. The lowest BCUT2D eigenvalue weighted by Gasteiger charge is -2.26. The van der Waals surface area contributed by atoms with Crippen molar-refractivity contribution in [1.29, 1.82) is 0 Å². The van der Waals surface area contributed by atoms with Crippen molar-refractivity contribution >= 4 is 89.0 Å². The number of hydrogen-bond acceptors (Lipinski definition) is 14. The van der Waals surface area contributed by atoms with E-state index >= 15 is 0 Å². The molecule has 1 amide bonds. The number of thiophene rings is 2. The van der Waals surface area contributed by atoms with Crippen LogP contribution in [0.3, 0.4) is 0 Å². The highest BCUT2D eigenvalue weighted by Gasteiger charge is 2.31. The molecule has 2 aliphatic rings. The first kappa shape index (κ1) is 38.1. The number of aromatic nitrogens is 8. The first-order valence-electron chi connectivity index (χ1n) is 19.3. The molecule has 0 fully saturated rings. The lowest BCUT2D eigenvalue weighted by atomic mass is 9.87. The number of pyridine rings is 2. The summed E-state index contributed by atoms with van der Waals surface area (Å²) in [5.74, 6) is 2.02. The highest BCUT2D eigenvalue weighted by molar-refractivity contribution is 7.19. The molecule has 3 N–H and O–H groups in total. The molecular formula is C41H41N11O5S2. The highest BCUT2D eigenvalue weighted by atomic mass is 32.1. The number of anilines is 4. The van der Waals surface area contributed by atoms with Gasteiger partial charge in [-0.05, 0) is 80.8 Å². The van der Waals surface area contributed by atoms with Crippen molar-refractivity contribution in [2.24, 2.45) is 11.8 Å². The monoisotopic (exact) mass is 831 g/mol. The maximum absolute atomic E-state index is 12.7. The summed E-state index contributed by atoms with van der Waals surface area (Å²) in [5, 5.41) is 26.7. The number of hydrogen-bond donors (Lipinski definition) is 3. The van der Waals surface area contributed by atoms with Gasteiger partial charge in [0.25, 0.3) is 0 Å². The number of nitrogens with one attached hydrogen (secondary N) is 2. The Morgan fingerprint density at radius 3 is 1.76 bits per heavy atom. The quantitative estimate of drug-likeness (QED) is 0.136. The minimum Gasteiger partial charge on any atom is -0.493 e. The number of rotatable bonds is 9. The zero-order chi connectivity index (χ0) is 40.8. The molecule has 0 aliphatic heterocycles. The molecule has 0 spiro atoms. The third kappa shape index (κ3) is 7.11. The van der Waals surface area contributed by atoms with Crippen LogP contribution in [0.15, 0.2) is 61.7 Å². The standard InChI is InChI=1S/C22H24N6O2S.C19H17N5O3S/c1-4-27(2)22(29)13-5-6-15-18(9-13)31-21-19(15)20(23-12-24-21)26-16-10-14-7-8-25-28(14)11-17(16)30-3;1-27-14-8-24-11(4-5-22-24)7-13(14)23-17-16-12-3-2-10(19(25)26)6-15(12)28-18(16)21-9-20-17/h7-8,10-13H,4-6,9H2,1-3H3,(H,23,24,26);4-5,7-10H,2-3,6H2,1H3,(H,25,26)(H,20,21,23)/t13-;10-/m00/s1. The van der Waals surface area contributed by atoms with Crippen molar-refractivity contribution in [3.8, 4) is 11.5 Å². The van der Waals surface area contributed by atoms with Crippen LogP contribution in [0.25, 0.3) is 31.5 Å². The van der Waals surface area contributed by atoms with Crippen molar-refractivity contribution in [1.82, 2.24) is 44.1 Å². The van der Waals surface area contributed by atoms with Gasteiger partial charge in [0, 0.05) is 41.7 Å². The largest absolute Gasteiger partial charge is 0.493 e. The molecule has 8 aromatic heterocycles. The van der Waals surface area contributed by atoms with E-state index in [1.807, 2.05) is 55.5 Å².